The lowest BCUT2D eigenvalue weighted by atomic mass is 9.77. The lowest BCUT2D eigenvalue weighted by Crippen LogP contribution is -2.53. The summed E-state index contributed by atoms with van der Waals surface area (Å²) in [5.41, 5.74) is 0. The van der Waals surface area contributed by atoms with Gasteiger partial charge in [0.25, 0.3) is 0 Å². The van der Waals surface area contributed by atoms with Gasteiger partial charge in [0, 0.05) is 38.8 Å². The minimum absolute atomic E-state index is 0.905. The summed E-state index contributed by atoms with van der Waals surface area (Å²) in [6.07, 6.45) is 10.4. The van der Waals surface area contributed by atoms with Gasteiger partial charge in [-0.1, -0.05) is 34.1 Å². The zero-order valence-electron chi connectivity index (χ0n) is 15.7. The van der Waals surface area contributed by atoms with Gasteiger partial charge in [-0.25, -0.2) is 0 Å². The van der Waals surface area contributed by atoms with Gasteiger partial charge in [-0.3, -0.25) is 4.90 Å². The molecule has 1 saturated heterocycles. The molecule has 0 amide bonds. The van der Waals surface area contributed by atoms with Crippen LogP contribution in [-0.2, 0) is 0 Å². The van der Waals surface area contributed by atoms with E-state index in [0.29, 0.717) is 0 Å². The van der Waals surface area contributed by atoms with Gasteiger partial charge < -0.3 is 4.90 Å². The van der Waals surface area contributed by atoms with Crippen molar-refractivity contribution in [2.24, 2.45) is 17.8 Å². The van der Waals surface area contributed by atoms with Crippen LogP contribution in [-0.4, -0.2) is 48.6 Å². The molecule has 0 bridgehead atoms. The minimum atomic E-state index is 0.905. The van der Waals surface area contributed by atoms with Crippen molar-refractivity contribution in [1.82, 2.24) is 9.80 Å². The molecule has 3 aliphatic rings. The summed E-state index contributed by atoms with van der Waals surface area (Å²) < 4.78 is 0. The van der Waals surface area contributed by atoms with E-state index in [1.54, 1.807) is 0 Å². The number of piperazine rings is 1. The third kappa shape index (κ3) is 4.96. The van der Waals surface area contributed by atoms with E-state index in [1.165, 1.54) is 77.7 Å². The predicted octanol–water partition coefficient (Wildman–Crippen LogP) is 4.65. The maximum absolute atomic E-state index is 2.76. The maximum atomic E-state index is 2.76. The van der Waals surface area contributed by atoms with Crippen molar-refractivity contribution in [2.75, 3.05) is 32.7 Å². The van der Waals surface area contributed by atoms with Gasteiger partial charge in [0.2, 0.25) is 0 Å². The number of rotatable bonds is 4. The fraction of sp³-hybridized carbons (Fsp3) is 1.00. The smallest absolute Gasteiger partial charge is 0.0113 e. The van der Waals surface area contributed by atoms with Gasteiger partial charge >= 0.3 is 0 Å². The molecule has 130 valence electrons. The fourth-order valence-corrected chi connectivity index (χ4v) is 4.47. The third-order valence-electron chi connectivity index (χ3n) is 6.35. The highest BCUT2D eigenvalue weighted by atomic mass is 15.3. The normalized spacial score (nSPS) is 31.5. The van der Waals surface area contributed by atoms with Crippen LogP contribution in [0, 0.1) is 17.8 Å². The molecule has 0 aromatic rings. The lowest BCUT2D eigenvalue weighted by molar-refractivity contribution is 0.0496. The molecule has 0 radical (unpaired) electrons. The molecule has 2 heteroatoms. The molecule has 2 saturated carbocycles. The highest BCUT2D eigenvalue weighted by Gasteiger charge is 2.29. The van der Waals surface area contributed by atoms with Gasteiger partial charge in [-0.05, 0) is 56.3 Å². The van der Waals surface area contributed by atoms with E-state index in [9.17, 15) is 0 Å². The van der Waals surface area contributed by atoms with Crippen LogP contribution in [0.1, 0.15) is 72.6 Å². The zero-order chi connectivity index (χ0) is 15.9. The van der Waals surface area contributed by atoms with Crippen molar-refractivity contribution in [3.05, 3.63) is 0 Å². The van der Waals surface area contributed by atoms with Gasteiger partial charge in [0.15, 0.2) is 0 Å². The van der Waals surface area contributed by atoms with E-state index in [0.717, 1.165) is 23.8 Å². The SMILES string of the molecule is CC.CC(C)C1CCC(CN2CCN(C3CCC3)CC2)CC1. The fourth-order valence-electron chi connectivity index (χ4n) is 4.47. The van der Waals surface area contributed by atoms with Gasteiger partial charge in [0.05, 0.1) is 0 Å². The molecular formula is C20H40N2. The Balaban J connectivity index is 0.000000847. The molecule has 0 atom stereocenters. The molecule has 1 aliphatic heterocycles. The first-order valence-electron chi connectivity index (χ1n) is 10.2. The van der Waals surface area contributed by atoms with Gasteiger partial charge in [0.1, 0.15) is 0 Å². The van der Waals surface area contributed by atoms with Crippen LogP contribution in [0.5, 0.6) is 0 Å². The summed E-state index contributed by atoms with van der Waals surface area (Å²) in [5.74, 6) is 2.92. The second-order valence-electron chi connectivity index (χ2n) is 7.95. The largest absolute Gasteiger partial charge is 0.301 e. The Hall–Kier alpha value is -0.0800. The zero-order valence-corrected chi connectivity index (χ0v) is 15.7. The molecule has 0 aromatic carbocycles. The average molecular weight is 309 g/mol. The van der Waals surface area contributed by atoms with Crippen molar-refractivity contribution in [1.29, 1.82) is 0 Å². The first-order valence-corrected chi connectivity index (χ1v) is 10.2. The van der Waals surface area contributed by atoms with E-state index in [1.807, 2.05) is 13.8 Å². The van der Waals surface area contributed by atoms with Crippen LogP contribution in [0.2, 0.25) is 0 Å². The Morgan fingerprint density at radius 3 is 1.86 bits per heavy atom. The standard InChI is InChI=1S/C18H34N2.C2H6/c1-15(2)17-8-6-16(7-9-17)14-19-10-12-20(13-11-19)18-4-3-5-18;1-2/h15-18H,3-14H2,1-2H3;1-2H3. The van der Waals surface area contributed by atoms with Crippen LogP contribution in [0.3, 0.4) is 0 Å². The summed E-state index contributed by atoms with van der Waals surface area (Å²) in [6, 6.07) is 0.957. The highest BCUT2D eigenvalue weighted by molar-refractivity contribution is 4.85. The number of nitrogens with zero attached hydrogens (tertiary/aromatic N) is 2. The molecule has 3 rings (SSSR count). The first-order chi connectivity index (χ1) is 10.7. The van der Waals surface area contributed by atoms with Crippen LogP contribution in [0.4, 0.5) is 0 Å². The minimum Gasteiger partial charge on any atom is -0.301 e. The Kier molecular flexibility index (Phi) is 7.70. The second kappa shape index (κ2) is 9.27. The van der Waals surface area contributed by atoms with E-state index in [2.05, 4.69) is 23.6 Å². The highest BCUT2D eigenvalue weighted by Crippen LogP contribution is 2.34. The van der Waals surface area contributed by atoms with Gasteiger partial charge in [-0.15, -0.1) is 0 Å². The first kappa shape index (κ1) is 18.3. The summed E-state index contributed by atoms with van der Waals surface area (Å²) in [4.78, 5) is 5.52. The van der Waals surface area contributed by atoms with Crippen LogP contribution >= 0.6 is 0 Å². The summed E-state index contributed by atoms with van der Waals surface area (Å²) in [7, 11) is 0. The molecule has 3 fully saturated rings. The molecule has 2 aliphatic carbocycles. The molecule has 22 heavy (non-hydrogen) atoms. The molecule has 0 aromatic heterocycles. The van der Waals surface area contributed by atoms with E-state index < -0.39 is 0 Å². The monoisotopic (exact) mass is 308 g/mol. The Labute approximate surface area is 139 Å². The molecule has 1 heterocycles. The number of hydrogen-bond acceptors (Lipinski definition) is 2. The van der Waals surface area contributed by atoms with E-state index in [-0.39, 0.29) is 0 Å². The Morgan fingerprint density at radius 1 is 0.818 bits per heavy atom. The van der Waals surface area contributed by atoms with Crippen LogP contribution < -0.4 is 0 Å². The van der Waals surface area contributed by atoms with Crippen molar-refractivity contribution in [2.45, 2.75) is 78.7 Å². The number of hydrogen-bond donors (Lipinski definition) is 0. The van der Waals surface area contributed by atoms with Crippen molar-refractivity contribution < 1.29 is 0 Å². The summed E-state index contributed by atoms with van der Waals surface area (Å²) >= 11 is 0. The van der Waals surface area contributed by atoms with Crippen molar-refractivity contribution >= 4 is 0 Å². The molecule has 0 N–H and O–H groups in total. The predicted molar refractivity (Wildman–Crippen MR) is 97.3 cm³/mol. The Bertz CT molecular complexity index is 282. The molecule has 0 unspecified atom stereocenters. The van der Waals surface area contributed by atoms with Gasteiger partial charge in [-0.2, -0.15) is 0 Å². The summed E-state index contributed by atoms with van der Waals surface area (Å²) in [5, 5.41) is 0. The molecule has 2 nitrogen and oxygen atoms in total. The van der Waals surface area contributed by atoms with E-state index >= 15 is 0 Å². The second-order valence-corrected chi connectivity index (χ2v) is 7.95. The van der Waals surface area contributed by atoms with Crippen molar-refractivity contribution in [3.8, 4) is 0 Å². The summed E-state index contributed by atoms with van der Waals surface area (Å²) in [6.45, 7) is 15.6. The van der Waals surface area contributed by atoms with Crippen LogP contribution in [0.15, 0.2) is 0 Å². The van der Waals surface area contributed by atoms with Crippen LogP contribution in [0.25, 0.3) is 0 Å². The Morgan fingerprint density at radius 2 is 1.41 bits per heavy atom. The quantitative estimate of drug-likeness (QED) is 0.746. The average Bonchev–Trinajstić information content (AvgIpc) is 2.50. The lowest BCUT2D eigenvalue weighted by Gasteiger charge is -2.44. The van der Waals surface area contributed by atoms with Crippen molar-refractivity contribution in [3.63, 3.8) is 0 Å². The maximum Gasteiger partial charge on any atom is 0.0113 e. The topological polar surface area (TPSA) is 6.48 Å². The molecular weight excluding hydrogens is 268 g/mol. The third-order valence-corrected chi connectivity index (χ3v) is 6.35. The molecule has 0 spiro atoms. The van der Waals surface area contributed by atoms with E-state index in [4.69, 9.17) is 0 Å².